The molecule has 2 aromatic carbocycles. The van der Waals surface area contributed by atoms with Gasteiger partial charge in [0.15, 0.2) is 0 Å². The Morgan fingerprint density at radius 2 is 1.96 bits per heavy atom. The highest BCUT2D eigenvalue weighted by Gasteiger charge is 2.22. The number of carbonyl (C=O) groups excluding carboxylic acids is 1. The molecule has 118 valence electrons. The molecule has 23 heavy (non-hydrogen) atoms. The molecular formula is C16H14N2O4S. The summed E-state index contributed by atoms with van der Waals surface area (Å²) in [6.45, 7) is 0.622. The van der Waals surface area contributed by atoms with E-state index in [4.69, 9.17) is 4.74 Å². The van der Waals surface area contributed by atoms with Crippen LogP contribution in [0.3, 0.4) is 0 Å². The molecule has 6 nitrogen and oxygen atoms in total. The van der Waals surface area contributed by atoms with Crippen molar-refractivity contribution >= 4 is 27.3 Å². The van der Waals surface area contributed by atoms with Crippen molar-refractivity contribution in [2.75, 3.05) is 16.6 Å². The van der Waals surface area contributed by atoms with Crippen molar-refractivity contribution in [1.29, 1.82) is 0 Å². The monoisotopic (exact) mass is 330 g/mol. The molecular weight excluding hydrogens is 316 g/mol. The van der Waals surface area contributed by atoms with E-state index in [2.05, 4.69) is 10.0 Å². The summed E-state index contributed by atoms with van der Waals surface area (Å²) in [5.41, 5.74) is 2.86. The van der Waals surface area contributed by atoms with Gasteiger partial charge in [0.1, 0.15) is 5.75 Å². The summed E-state index contributed by atoms with van der Waals surface area (Å²) in [7, 11) is -3.70. The second kappa shape index (κ2) is 4.99. The first kappa shape index (κ1) is 14.1. The van der Waals surface area contributed by atoms with E-state index in [1.54, 1.807) is 24.3 Å². The minimum Gasteiger partial charge on any atom is -0.493 e. The first-order valence-electron chi connectivity index (χ1n) is 7.23. The number of sulfonamides is 1. The summed E-state index contributed by atoms with van der Waals surface area (Å²) in [5, 5.41) is 2.69. The molecule has 0 saturated carbocycles. The van der Waals surface area contributed by atoms with Crippen LogP contribution < -0.4 is 14.8 Å². The third-order valence-electron chi connectivity index (χ3n) is 3.95. The minimum atomic E-state index is -3.70. The fourth-order valence-corrected chi connectivity index (χ4v) is 3.94. The molecule has 0 aromatic heterocycles. The van der Waals surface area contributed by atoms with Crippen LogP contribution >= 0.6 is 0 Å². The van der Waals surface area contributed by atoms with E-state index < -0.39 is 10.0 Å². The van der Waals surface area contributed by atoms with E-state index in [1.807, 2.05) is 0 Å². The molecule has 0 atom stereocenters. The summed E-state index contributed by atoms with van der Waals surface area (Å²) in [6, 6.07) is 9.88. The Labute approximate surface area is 133 Å². The van der Waals surface area contributed by atoms with Crippen molar-refractivity contribution < 1.29 is 17.9 Å². The molecule has 7 heteroatoms. The van der Waals surface area contributed by atoms with Crippen LogP contribution in [0.4, 0.5) is 11.4 Å². The van der Waals surface area contributed by atoms with Crippen LogP contribution in [0.5, 0.6) is 5.75 Å². The van der Waals surface area contributed by atoms with E-state index in [1.165, 1.54) is 12.1 Å². The zero-order valence-electron chi connectivity index (χ0n) is 12.1. The van der Waals surface area contributed by atoms with Gasteiger partial charge in [-0.2, -0.15) is 0 Å². The molecule has 0 fully saturated rings. The van der Waals surface area contributed by atoms with Crippen LogP contribution in [0.1, 0.15) is 11.1 Å². The number of fused-ring (bicyclic) bond motifs is 2. The molecule has 4 rings (SSSR count). The molecule has 0 spiro atoms. The molecule has 0 unspecified atom stereocenters. The molecule has 2 N–H and O–H groups in total. The molecule has 0 bridgehead atoms. The number of hydrogen-bond donors (Lipinski definition) is 2. The van der Waals surface area contributed by atoms with Crippen LogP contribution in [0.15, 0.2) is 41.3 Å². The van der Waals surface area contributed by atoms with E-state index in [-0.39, 0.29) is 17.2 Å². The number of anilines is 2. The molecule has 2 aliphatic rings. The van der Waals surface area contributed by atoms with Gasteiger partial charge < -0.3 is 10.1 Å². The fourth-order valence-electron chi connectivity index (χ4n) is 2.84. The van der Waals surface area contributed by atoms with Gasteiger partial charge in [-0.25, -0.2) is 8.42 Å². The lowest BCUT2D eigenvalue weighted by Crippen LogP contribution is -2.13. The van der Waals surface area contributed by atoms with Gasteiger partial charge in [-0.3, -0.25) is 9.52 Å². The SMILES string of the molecule is O=C1Cc2cc(S(=O)(=O)Nc3ccc4c(c3)CCO4)ccc2N1. The topological polar surface area (TPSA) is 84.5 Å². The Balaban J connectivity index is 1.63. The summed E-state index contributed by atoms with van der Waals surface area (Å²) < 4.78 is 33.1. The van der Waals surface area contributed by atoms with E-state index in [0.717, 1.165) is 17.7 Å². The van der Waals surface area contributed by atoms with Crippen molar-refractivity contribution in [2.45, 2.75) is 17.7 Å². The lowest BCUT2D eigenvalue weighted by molar-refractivity contribution is -0.115. The maximum Gasteiger partial charge on any atom is 0.261 e. The van der Waals surface area contributed by atoms with Gasteiger partial charge in [-0.15, -0.1) is 0 Å². The van der Waals surface area contributed by atoms with Crippen molar-refractivity contribution in [2.24, 2.45) is 0 Å². The predicted octanol–water partition coefficient (Wildman–Crippen LogP) is 1.92. The van der Waals surface area contributed by atoms with Crippen molar-refractivity contribution in [3.05, 3.63) is 47.5 Å². The number of nitrogens with one attached hydrogen (secondary N) is 2. The third kappa shape index (κ3) is 2.53. The summed E-state index contributed by atoms with van der Waals surface area (Å²) in [6.07, 6.45) is 0.979. The van der Waals surface area contributed by atoms with Crippen LogP contribution in [0.25, 0.3) is 0 Å². The Kier molecular flexibility index (Phi) is 3.05. The highest BCUT2D eigenvalue weighted by molar-refractivity contribution is 7.92. The van der Waals surface area contributed by atoms with E-state index in [9.17, 15) is 13.2 Å². The molecule has 0 saturated heterocycles. The predicted molar refractivity (Wildman–Crippen MR) is 85.2 cm³/mol. The fraction of sp³-hybridized carbons (Fsp3) is 0.188. The first-order valence-corrected chi connectivity index (χ1v) is 8.71. The van der Waals surface area contributed by atoms with Crippen LogP contribution in [-0.2, 0) is 27.7 Å². The van der Waals surface area contributed by atoms with E-state index >= 15 is 0 Å². The Morgan fingerprint density at radius 1 is 1.09 bits per heavy atom. The quantitative estimate of drug-likeness (QED) is 0.900. The summed E-state index contributed by atoms with van der Waals surface area (Å²) >= 11 is 0. The second-order valence-electron chi connectivity index (χ2n) is 5.57. The smallest absolute Gasteiger partial charge is 0.261 e. The maximum atomic E-state index is 12.5. The zero-order chi connectivity index (χ0) is 16.0. The molecule has 0 aliphatic carbocycles. The normalized spacial score (nSPS) is 15.6. The van der Waals surface area contributed by atoms with Crippen molar-refractivity contribution in [1.82, 2.24) is 0 Å². The van der Waals surface area contributed by atoms with Gasteiger partial charge in [-0.1, -0.05) is 0 Å². The third-order valence-corrected chi connectivity index (χ3v) is 5.33. The van der Waals surface area contributed by atoms with Gasteiger partial charge >= 0.3 is 0 Å². The Bertz CT molecular complexity index is 922. The molecule has 2 aromatic rings. The number of ether oxygens (including phenoxy) is 1. The maximum absolute atomic E-state index is 12.5. The Morgan fingerprint density at radius 3 is 2.83 bits per heavy atom. The highest BCUT2D eigenvalue weighted by Crippen LogP contribution is 2.30. The average Bonchev–Trinajstić information content (AvgIpc) is 3.10. The van der Waals surface area contributed by atoms with Gasteiger partial charge in [0.2, 0.25) is 5.91 Å². The van der Waals surface area contributed by atoms with Crippen molar-refractivity contribution in [3.8, 4) is 5.75 Å². The van der Waals surface area contributed by atoms with Crippen LogP contribution in [-0.4, -0.2) is 20.9 Å². The van der Waals surface area contributed by atoms with Crippen LogP contribution in [0.2, 0.25) is 0 Å². The summed E-state index contributed by atoms with van der Waals surface area (Å²) in [4.78, 5) is 11.5. The number of carbonyl (C=O) groups is 1. The number of benzene rings is 2. The molecule has 1 amide bonds. The van der Waals surface area contributed by atoms with Gasteiger partial charge in [0, 0.05) is 17.8 Å². The number of rotatable bonds is 3. The Hall–Kier alpha value is -2.54. The van der Waals surface area contributed by atoms with Crippen LogP contribution in [0, 0.1) is 0 Å². The molecule has 2 heterocycles. The summed E-state index contributed by atoms with van der Waals surface area (Å²) in [5.74, 6) is 0.677. The second-order valence-corrected chi connectivity index (χ2v) is 7.25. The minimum absolute atomic E-state index is 0.124. The van der Waals surface area contributed by atoms with Crippen molar-refractivity contribution in [3.63, 3.8) is 0 Å². The zero-order valence-corrected chi connectivity index (χ0v) is 12.9. The van der Waals surface area contributed by atoms with Gasteiger partial charge in [0.05, 0.1) is 17.9 Å². The van der Waals surface area contributed by atoms with Gasteiger partial charge in [0.25, 0.3) is 10.0 Å². The molecule has 0 radical (unpaired) electrons. The highest BCUT2D eigenvalue weighted by atomic mass is 32.2. The average molecular weight is 330 g/mol. The van der Waals surface area contributed by atoms with Gasteiger partial charge in [-0.05, 0) is 47.5 Å². The molecule has 2 aliphatic heterocycles. The lowest BCUT2D eigenvalue weighted by Gasteiger charge is -2.10. The number of amides is 1. The van der Waals surface area contributed by atoms with E-state index in [0.29, 0.717) is 23.5 Å². The first-order chi connectivity index (χ1) is 11.0. The largest absolute Gasteiger partial charge is 0.493 e. The standard InChI is InChI=1S/C16H14N2O4S/c19-16-9-11-8-13(2-3-14(11)17-16)23(20,21)18-12-1-4-15-10(7-12)5-6-22-15/h1-4,7-8,18H,5-6,9H2,(H,17,19). The number of hydrogen-bond acceptors (Lipinski definition) is 4. The lowest BCUT2D eigenvalue weighted by atomic mass is 10.1.